The van der Waals surface area contributed by atoms with Gasteiger partial charge in [-0.1, -0.05) is 28.1 Å². The highest BCUT2D eigenvalue weighted by Crippen LogP contribution is 2.27. The largest absolute Gasteiger partial charge is 0.398 e. The number of nitrogen functional groups attached to an aromatic ring is 1. The molecular weight excluding hydrogens is 314 g/mol. The fourth-order valence-electron chi connectivity index (χ4n) is 2.21. The van der Waals surface area contributed by atoms with Gasteiger partial charge in [0.2, 0.25) is 0 Å². The molecule has 4 heteroatoms. The van der Waals surface area contributed by atoms with E-state index in [2.05, 4.69) is 38.4 Å². The Morgan fingerprint density at radius 2 is 2.00 bits per heavy atom. The van der Waals surface area contributed by atoms with Gasteiger partial charge >= 0.3 is 0 Å². The number of nitrogens with zero attached hydrogens (tertiary/aromatic N) is 1. The molecule has 0 spiro atoms. The van der Waals surface area contributed by atoms with Crippen molar-refractivity contribution < 1.29 is 0 Å². The lowest BCUT2D eigenvalue weighted by atomic mass is 10.1. The molecule has 3 N–H and O–H groups in total. The van der Waals surface area contributed by atoms with Crippen LogP contribution in [0.2, 0.25) is 0 Å². The van der Waals surface area contributed by atoms with Crippen molar-refractivity contribution in [3.8, 4) is 0 Å². The van der Waals surface area contributed by atoms with E-state index < -0.39 is 0 Å². The summed E-state index contributed by atoms with van der Waals surface area (Å²) >= 11 is 3.48. The van der Waals surface area contributed by atoms with Gasteiger partial charge in [-0.3, -0.25) is 4.98 Å². The van der Waals surface area contributed by atoms with Gasteiger partial charge in [-0.05, 0) is 35.9 Å². The van der Waals surface area contributed by atoms with E-state index in [-0.39, 0.29) is 0 Å². The summed E-state index contributed by atoms with van der Waals surface area (Å²) in [5.74, 6) is 0. The summed E-state index contributed by atoms with van der Waals surface area (Å²) in [6.45, 7) is 0.757. The SMILES string of the molecule is Nc1ccc(NCc2cccc(Br)c2)c2cnccc12. The van der Waals surface area contributed by atoms with E-state index in [1.165, 1.54) is 5.56 Å². The number of fused-ring (bicyclic) bond motifs is 1. The summed E-state index contributed by atoms with van der Waals surface area (Å²) < 4.78 is 1.08. The molecule has 0 saturated carbocycles. The number of rotatable bonds is 3. The van der Waals surface area contributed by atoms with E-state index in [0.29, 0.717) is 0 Å². The van der Waals surface area contributed by atoms with Gasteiger partial charge in [0.1, 0.15) is 0 Å². The third-order valence-corrected chi connectivity index (χ3v) is 3.72. The van der Waals surface area contributed by atoms with Gasteiger partial charge in [-0.25, -0.2) is 0 Å². The number of pyridine rings is 1. The molecule has 0 unspecified atom stereocenters. The number of nitrogens with two attached hydrogens (primary N) is 1. The van der Waals surface area contributed by atoms with Crippen LogP contribution in [0.4, 0.5) is 11.4 Å². The monoisotopic (exact) mass is 327 g/mol. The van der Waals surface area contributed by atoms with Gasteiger partial charge in [-0.2, -0.15) is 0 Å². The summed E-state index contributed by atoms with van der Waals surface area (Å²) in [4.78, 5) is 4.18. The number of hydrogen-bond donors (Lipinski definition) is 2. The van der Waals surface area contributed by atoms with Crippen LogP contribution in [-0.4, -0.2) is 4.98 Å². The molecule has 0 aliphatic carbocycles. The number of benzene rings is 2. The average Bonchev–Trinajstić information content (AvgIpc) is 2.47. The summed E-state index contributed by atoms with van der Waals surface area (Å²) in [5, 5.41) is 5.51. The van der Waals surface area contributed by atoms with Crippen molar-refractivity contribution in [2.75, 3.05) is 11.1 Å². The first-order valence-electron chi connectivity index (χ1n) is 6.34. The van der Waals surface area contributed by atoms with E-state index in [1.54, 1.807) is 6.20 Å². The van der Waals surface area contributed by atoms with Crippen LogP contribution in [0.1, 0.15) is 5.56 Å². The van der Waals surface area contributed by atoms with Crippen LogP contribution in [-0.2, 0) is 6.54 Å². The van der Waals surface area contributed by atoms with Crippen molar-refractivity contribution in [1.29, 1.82) is 0 Å². The van der Waals surface area contributed by atoms with Crippen LogP contribution >= 0.6 is 15.9 Å². The number of aromatic nitrogens is 1. The predicted molar refractivity (Wildman–Crippen MR) is 87.6 cm³/mol. The second-order valence-electron chi connectivity index (χ2n) is 4.61. The first-order chi connectivity index (χ1) is 9.74. The molecule has 0 aliphatic heterocycles. The molecule has 0 saturated heterocycles. The molecule has 0 bridgehead atoms. The Hall–Kier alpha value is -2.07. The fraction of sp³-hybridized carbons (Fsp3) is 0.0625. The van der Waals surface area contributed by atoms with E-state index in [0.717, 1.165) is 33.2 Å². The first-order valence-corrected chi connectivity index (χ1v) is 7.14. The number of nitrogens with one attached hydrogen (secondary N) is 1. The second kappa shape index (κ2) is 5.51. The lowest BCUT2D eigenvalue weighted by Crippen LogP contribution is -2.01. The van der Waals surface area contributed by atoms with Gasteiger partial charge in [0.05, 0.1) is 0 Å². The molecule has 0 amide bonds. The van der Waals surface area contributed by atoms with Crippen molar-refractivity contribution in [3.05, 3.63) is 64.9 Å². The smallest absolute Gasteiger partial charge is 0.0439 e. The lowest BCUT2D eigenvalue weighted by Gasteiger charge is -2.11. The van der Waals surface area contributed by atoms with Crippen molar-refractivity contribution in [3.63, 3.8) is 0 Å². The molecule has 1 aromatic heterocycles. The normalized spacial score (nSPS) is 10.7. The molecule has 3 rings (SSSR count). The zero-order chi connectivity index (χ0) is 13.9. The molecule has 1 heterocycles. The topological polar surface area (TPSA) is 50.9 Å². The van der Waals surface area contributed by atoms with Crippen molar-refractivity contribution >= 4 is 38.1 Å². The predicted octanol–water partition coefficient (Wildman–Crippen LogP) is 4.19. The van der Waals surface area contributed by atoms with Crippen LogP contribution in [0.3, 0.4) is 0 Å². The maximum absolute atomic E-state index is 5.99. The minimum atomic E-state index is 0.757. The molecule has 2 aromatic carbocycles. The van der Waals surface area contributed by atoms with Crippen molar-refractivity contribution in [2.45, 2.75) is 6.54 Å². The Labute approximate surface area is 126 Å². The minimum absolute atomic E-state index is 0.757. The van der Waals surface area contributed by atoms with E-state index in [9.17, 15) is 0 Å². The Balaban J connectivity index is 1.90. The van der Waals surface area contributed by atoms with Gasteiger partial charge in [0.15, 0.2) is 0 Å². The van der Waals surface area contributed by atoms with E-state index in [1.807, 2.05) is 36.5 Å². The van der Waals surface area contributed by atoms with Gasteiger partial charge in [0.25, 0.3) is 0 Å². The summed E-state index contributed by atoms with van der Waals surface area (Å²) in [6.07, 6.45) is 3.60. The van der Waals surface area contributed by atoms with Crippen molar-refractivity contribution in [2.24, 2.45) is 0 Å². The summed E-state index contributed by atoms with van der Waals surface area (Å²) in [5.41, 5.74) is 9.02. The lowest BCUT2D eigenvalue weighted by molar-refractivity contribution is 1.15. The Bertz CT molecular complexity index is 756. The molecule has 3 nitrogen and oxygen atoms in total. The van der Waals surface area contributed by atoms with Crippen molar-refractivity contribution in [1.82, 2.24) is 4.98 Å². The Kier molecular flexibility index (Phi) is 3.56. The van der Waals surface area contributed by atoms with Crippen LogP contribution in [0.15, 0.2) is 59.3 Å². The maximum atomic E-state index is 5.99. The molecule has 0 radical (unpaired) electrons. The molecule has 0 aliphatic rings. The first kappa shape index (κ1) is 12.9. The maximum Gasteiger partial charge on any atom is 0.0439 e. The number of anilines is 2. The molecule has 100 valence electrons. The average molecular weight is 328 g/mol. The van der Waals surface area contributed by atoms with E-state index >= 15 is 0 Å². The highest BCUT2D eigenvalue weighted by molar-refractivity contribution is 9.10. The third kappa shape index (κ3) is 2.60. The van der Waals surface area contributed by atoms with Crippen LogP contribution in [0.5, 0.6) is 0 Å². The zero-order valence-electron chi connectivity index (χ0n) is 10.8. The minimum Gasteiger partial charge on any atom is -0.398 e. The van der Waals surface area contributed by atoms with E-state index in [4.69, 9.17) is 5.73 Å². The number of hydrogen-bond acceptors (Lipinski definition) is 3. The van der Waals surface area contributed by atoms with Crippen LogP contribution in [0, 0.1) is 0 Å². The summed E-state index contributed by atoms with van der Waals surface area (Å²) in [6, 6.07) is 14.1. The molecular formula is C16H14BrN3. The fourth-order valence-corrected chi connectivity index (χ4v) is 2.66. The second-order valence-corrected chi connectivity index (χ2v) is 5.52. The molecule has 0 atom stereocenters. The van der Waals surface area contributed by atoms with Crippen LogP contribution < -0.4 is 11.1 Å². The highest BCUT2D eigenvalue weighted by atomic mass is 79.9. The third-order valence-electron chi connectivity index (χ3n) is 3.22. The van der Waals surface area contributed by atoms with Crippen LogP contribution in [0.25, 0.3) is 10.8 Å². The quantitative estimate of drug-likeness (QED) is 0.709. The summed E-state index contributed by atoms with van der Waals surface area (Å²) in [7, 11) is 0. The van der Waals surface area contributed by atoms with Gasteiger partial charge < -0.3 is 11.1 Å². The molecule has 0 fully saturated rings. The molecule has 3 aromatic rings. The van der Waals surface area contributed by atoms with Gasteiger partial charge in [0, 0.05) is 45.6 Å². The molecule has 20 heavy (non-hydrogen) atoms. The number of halogens is 1. The Morgan fingerprint density at radius 3 is 2.85 bits per heavy atom. The highest BCUT2D eigenvalue weighted by Gasteiger charge is 2.04. The zero-order valence-corrected chi connectivity index (χ0v) is 12.4. The standard InChI is InChI=1S/C16H14BrN3/c17-12-3-1-2-11(8-12)9-20-16-5-4-15(18)13-6-7-19-10-14(13)16/h1-8,10,20H,9,18H2. The Morgan fingerprint density at radius 1 is 1.10 bits per heavy atom. The van der Waals surface area contributed by atoms with Gasteiger partial charge in [-0.15, -0.1) is 0 Å².